The number of aromatic nitrogens is 3. The molecule has 1 saturated heterocycles. The molecule has 3 heterocycles. The first-order valence-corrected chi connectivity index (χ1v) is 9.75. The zero-order valence-electron chi connectivity index (χ0n) is 16.8. The molecule has 3 aromatic rings. The third-order valence-corrected chi connectivity index (χ3v) is 4.83. The Bertz CT molecular complexity index is 1070. The lowest BCUT2D eigenvalue weighted by atomic mass is 10.3. The van der Waals surface area contributed by atoms with Crippen molar-refractivity contribution in [2.75, 3.05) is 41.7 Å². The van der Waals surface area contributed by atoms with Crippen LogP contribution >= 0.6 is 0 Å². The number of hydrogen-bond acceptors (Lipinski definition) is 6. The van der Waals surface area contributed by atoms with E-state index in [9.17, 15) is 13.6 Å². The minimum atomic E-state index is -0.742. The van der Waals surface area contributed by atoms with E-state index >= 15 is 0 Å². The summed E-state index contributed by atoms with van der Waals surface area (Å²) >= 11 is 0. The molecule has 2 amide bonds. The molecule has 0 saturated carbocycles. The van der Waals surface area contributed by atoms with E-state index in [2.05, 4.69) is 25.6 Å². The molecule has 0 radical (unpaired) electrons. The second-order valence-electron chi connectivity index (χ2n) is 7.17. The van der Waals surface area contributed by atoms with E-state index in [1.807, 2.05) is 30.0 Å². The number of piperazine rings is 1. The first-order chi connectivity index (χ1) is 15.0. The van der Waals surface area contributed by atoms with Gasteiger partial charge in [0.05, 0.1) is 0 Å². The Morgan fingerprint density at radius 2 is 1.65 bits per heavy atom. The van der Waals surface area contributed by atoms with Crippen LogP contribution in [0.25, 0.3) is 0 Å². The first-order valence-electron chi connectivity index (χ1n) is 9.75. The summed E-state index contributed by atoms with van der Waals surface area (Å²) in [5.41, 5.74) is 1.17. The number of amides is 2. The van der Waals surface area contributed by atoms with Crippen LogP contribution in [0.3, 0.4) is 0 Å². The number of nitrogens with one attached hydrogen (secondary N) is 2. The molecule has 1 fully saturated rings. The topological polar surface area (TPSA) is 86.3 Å². The molecule has 0 spiro atoms. The van der Waals surface area contributed by atoms with E-state index in [4.69, 9.17) is 0 Å². The molecule has 1 aromatic carbocycles. The lowest BCUT2D eigenvalue weighted by Crippen LogP contribution is -2.50. The lowest BCUT2D eigenvalue weighted by Gasteiger charge is -2.35. The quantitative estimate of drug-likeness (QED) is 0.665. The summed E-state index contributed by atoms with van der Waals surface area (Å²) in [6, 6.07) is 8.18. The highest BCUT2D eigenvalue weighted by Gasteiger charge is 2.22. The van der Waals surface area contributed by atoms with Gasteiger partial charge < -0.3 is 20.4 Å². The molecule has 160 valence electrons. The Hall–Kier alpha value is -3.82. The Morgan fingerprint density at radius 3 is 2.35 bits per heavy atom. The largest absolute Gasteiger partial charge is 0.353 e. The Labute approximate surface area is 178 Å². The molecule has 0 bridgehead atoms. The summed E-state index contributed by atoms with van der Waals surface area (Å²) in [6.07, 6.45) is 3.20. The average molecular weight is 425 g/mol. The lowest BCUT2D eigenvalue weighted by molar-refractivity contribution is 0.208. The van der Waals surface area contributed by atoms with Gasteiger partial charge in [-0.2, -0.15) is 0 Å². The Balaban J connectivity index is 1.35. The van der Waals surface area contributed by atoms with Gasteiger partial charge in [0, 0.05) is 50.2 Å². The first kappa shape index (κ1) is 20.5. The summed E-state index contributed by atoms with van der Waals surface area (Å²) in [5.74, 6) is 0.567. The predicted molar refractivity (Wildman–Crippen MR) is 113 cm³/mol. The fourth-order valence-corrected chi connectivity index (χ4v) is 3.29. The third-order valence-electron chi connectivity index (χ3n) is 4.83. The molecular weight excluding hydrogens is 404 g/mol. The number of rotatable bonds is 4. The average Bonchev–Trinajstić information content (AvgIpc) is 2.73. The van der Waals surface area contributed by atoms with Crippen molar-refractivity contribution in [1.82, 2.24) is 19.9 Å². The Morgan fingerprint density at radius 1 is 0.935 bits per heavy atom. The number of urea groups is 1. The van der Waals surface area contributed by atoms with Crippen LogP contribution in [0, 0.1) is 18.6 Å². The zero-order chi connectivity index (χ0) is 21.8. The SMILES string of the molecule is Cc1ccnc(Nc2cc(N3CCN(C(=O)Nc4cc(F)cc(F)c4)CC3)ncn2)c1. The zero-order valence-corrected chi connectivity index (χ0v) is 16.8. The minimum Gasteiger partial charge on any atom is -0.353 e. The number of nitrogens with zero attached hydrogens (tertiary/aromatic N) is 5. The van der Waals surface area contributed by atoms with Gasteiger partial charge in [-0.3, -0.25) is 0 Å². The van der Waals surface area contributed by atoms with Gasteiger partial charge in [-0.25, -0.2) is 28.5 Å². The van der Waals surface area contributed by atoms with Crippen LogP contribution in [0.1, 0.15) is 5.56 Å². The van der Waals surface area contributed by atoms with Gasteiger partial charge in [-0.1, -0.05) is 0 Å². The molecule has 1 aliphatic heterocycles. The van der Waals surface area contributed by atoms with Crippen LogP contribution in [0.15, 0.2) is 48.9 Å². The van der Waals surface area contributed by atoms with Gasteiger partial charge in [0.25, 0.3) is 0 Å². The van der Waals surface area contributed by atoms with Gasteiger partial charge in [0.1, 0.15) is 35.4 Å². The maximum atomic E-state index is 13.3. The van der Waals surface area contributed by atoms with Gasteiger partial charge in [-0.05, 0) is 36.8 Å². The Kier molecular flexibility index (Phi) is 5.87. The van der Waals surface area contributed by atoms with E-state index in [1.165, 1.54) is 6.33 Å². The van der Waals surface area contributed by atoms with Crippen molar-refractivity contribution < 1.29 is 13.6 Å². The smallest absolute Gasteiger partial charge is 0.321 e. The molecule has 0 aliphatic carbocycles. The van der Waals surface area contributed by atoms with Gasteiger partial charge in [0.15, 0.2) is 0 Å². The van der Waals surface area contributed by atoms with E-state index in [1.54, 1.807) is 11.1 Å². The van der Waals surface area contributed by atoms with E-state index in [0.29, 0.717) is 37.8 Å². The van der Waals surface area contributed by atoms with Crippen LogP contribution in [0.5, 0.6) is 0 Å². The number of benzene rings is 1. The molecule has 1 aliphatic rings. The second-order valence-corrected chi connectivity index (χ2v) is 7.17. The number of carbonyl (C=O) groups is 1. The van der Waals surface area contributed by atoms with Crippen molar-refractivity contribution in [2.24, 2.45) is 0 Å². The number of aryl methyl sites for hydroxylation is 1. The van der Waals surface area contributed by atoms with Crippen LogP contribution < -0.4 is 15.5 Å². The normalized spacial score (nSPS) is 13.8. The van der Waals surface area contributed by atoms with Crippen molar-refractivity contribution in [3.63, 3.8) is 0 Å². The highest BCUT2D eigenvalue weighted by atomic mass is 19.1. The van der Waals surface area contributed by atoms with Crippen molar-refractivity contribution >= 4 is 29.2 Å². The third kappa shape index (κ3) is 5.21. The number of carbonyl (C=O) groups excluding carboxylic acids is 1. The van der Waals surface area contributed by atoms with Crippen molar-refractivity contribution in [3.05, 3.63) is 66.1 Å². The molecule has 10 heteroatoms. The molecule has 2 N–H and O–H groups in total. The van der Waals surface area contributed by atoms with Crippen LogP contribution in [0.4, 0.5) is 36.7 Å². The molecular formula is C21H21F2N7O. The number of halogens is 2. The van der Waals surface area contributed by atoms with Gasteiger partial charge in [0.2, 0.25) is 0 Å². The van der Waals surface area contributed by atoms with Crippen LogP contribution in [-0.4, -0.2) is 52.1 Å². The predicted octanol–water partition coefficient (Wildman–Crippen LogP) is 3.56. The van der Waals surface area contributed by atoms with E-state index < -0.39 is 17.7 Å². The number of anilines is 4. The van der Waals surface area contributed by atoms with Crippen molar-refractivity contribution in [3.8, 4) is 0 Å². The van der Waals surface area contributed by atoms with E-state index in [0.717, 1.165) is 29.6 Å². The van der Waals surface area contributed by atoms with Crippen molar-refractivity contribution in [2.45, 2.75) is 6.92 Å². The van der Waals surface area contributed by atoms with Crippen LogP contribution in [0.2, 0.25) is 0 Å². The maximum Gasteiger partial charge on any atom is 0.321 e. The summed E-state index contributed by atoms with van der Waals surface area (Å²) < 4.78 is 26.6. The molecule has 4 rings (SSSR count). The summed E-state index contributed by atoms with van der Waals surface area (Å²) in [5, 5.41) is 5.70. The van der Waals surface area contributed by atoms with E-state index in [-0.39, 0.29) is 5.69 Å². The number of pyridine rings is 1. The highest BCUT2D eigenvalue weighted by molar-refractivity contribution is 5.89. The minimum absolute atomic E-state index is 0.0844. The second kappa shape index (κ2) is 8.90. The fraction of sp³-hybridized carbons (Fsp3) is 0.238. The van der Waals surface area contributed by atoms with Gasteiger partial charge >= 0.3 is 6.03 Å². The molecule has 0 unspecified atom stereocenters. The highest BCUT2D eigenvalue weighted by Crippen LogP contribution is 2.20. The van der Waals surface area contributed by atoms with Crippen molar-refractivity contribution in [1.29, 1.82) is 0 Å². The molecule has 0 atom stereocenters. The van der Waals surface area contributed by atoms with Gasteiger partial charge in [-0.15, -0.1) is 0 Å². The summed E-state index contributed by atoms with van der Waals surface area (Å²) in [7, 11) is 0. The number of hydrogen-bond donors (Lipinski definition) is 2. The monoisotopic (exact) mass is 425 g/mol. The summed E-state index contributed by atoms with van der Waals surface area (Å²) in [6.45, 7) is 3.98. The molecule has 8 nitrogen and oxygen atoms in total. The maximum absolute atomic E-state index is 13.3. The standard InChI is InChI=1S/C21H21F2N7O/c1-14-2-3-24-18(8-14)28-19-12-20(26-13-25-19)29-4-6-30(7-5-29)21(31)27-17-10-15(22)9-16(23)11-17/h2-3,8-13H,4-7H2,1H3,(H,27,31)(H,24,25,26,28). The molecule has 31 heavy (non-hydrogen) atoms. The fourth-order valence-electron chi connectivity index (χ4n) is 3.29. The molecule has 2 aromatic heterocycles. The van der Waals surface area contributed by atoms with Crippen LogP contribution in [-0.2, 0) is 0 Å². The summed E-state index contributed by atoms with van der Waals surface area (Å²) in [4.78, 5) is 28.9.